The van der Waals surface area contributed by atoms with Gasteiger partial charge in [0.1, 0.15) is 24.8 Å². The SMILES string of the molecule is S=C(NCc1ccco1)N1CCOC(COc2ncnc3ccccc23)C1. The van der Waals surface area contributed by atoms with E-state index < -0.39 is 0 Å². The quantitative estimate of drug-likeness (QED) is 0.672. The van der Waals surface area contributed by atoms with E-state index in [4.69, 9.17) is 26.1 Å². The normalized spacial score (nSPS) is 17.0. The second kappa shape index (κ2) is 8.32. The Labute approximate surface area is 162 Å². The van der Waals surface area contributed by atoms with Gasteiger partial charge in [-0.3, -0.25) is 0 Å². The number of fused-ring (bicyclic) bond motifs is 1. The van der Waals surface area contributed by atoms with Gasteiger partial charge in [-0.1, -0.05) is 12.1 Å². The lowest BCUT2D eigenvalue weighted by atomic mass is 10.2. The molecule has 1 aliphatic rings. The van der Waals surface area contributed by atoms with E-state index in [1.54, 1.807) is 6.26 Å². The molecule has 0 spiro atoms. The van der Waals surface area contributed by atoms with Crippen LogP contribution in [0.25, 0.3) is 10.9 Å². The highest BCUT2D eigenvalue weighted by atomic mass is 32.1. The van der Waals surface area contributed by atoms with Crippen molar-refractivity contribution in [3.8, 4) is 5.88 Å². The first-order chi connectivity index (χ1) is 13.3. The fourth-order valence-corrected chi connectivity index (χ4v) is 3.20. The summed E-state index contributed by atoms with van der Waals surface area (Å²) < 4.78 is 17.1. The monoisotopic (exact) mass is 384 g/mol. The largest absolute Gasteiger partial charge is 0.474 e. The topological polar surface area (TPSA) is 72.7 Å². The highest BCUT2D eigenvalue weighted by molar-refractivity contribution is 7.80. The summed E-state index contributed by atoms with van der Waals surface area (Å²) in [6.45, 7) is 2.97. The molecule has 3 aromatic rings. The van der Waals surface area contributed by atoms with E-state index in [1.165, 1.54) is 6.33 Å². The molecule has 1 unspecified atom stereocenters. The molecule has 1 saturated heterocycles. The molecule has 1 atom stereocenters. The molecular formula is C19H20N4O3S. The molecule has 2 aromatic heterocycles. The number of nitrogens with zero attached hydrogens (tertiary/aromatic N) is 3. The van der Waals surface area contributed by atoms with Gasteiger partial charge in [0.15, 0.2) is 5.11 Å². The number of morpholine rings is 1. The Bertz CT molecular complexity index is 898. The van der Waals surface area contributed by atoms with Gasteiger partial charge in [-0.25, -0.2) is 9.97 Å². The number of nitrogens with one attached hydrogen (secondary N) is 1. The van der Waals surface area contributed by atoms with Gasteiger partial charge in [0.25, 0.3) is 0 Å². The molecule has 1 fully saturated rings. The summed E-state index contributed by atoms with van der Waals surface area (Å²) in [4.78, 5) is 10.6. The number of para-hydroxylation sites is 1. The number of rotatable bonds is 5. The van der Waals surface area contributed by atoms with E-state index in [2.05, 4.69) is 20.2 Å². The Morgan fingerprint density at radius 3 is 3.07 bits per heavy atom. The van der Waals surface area contributed by atoms with Crippen molar-refractivity contribution in [1.82, 2.24) is 20.2 Å². The summed E-state index contributed by atoms with van der Waals surface area (Å²) >= 11 is 5.50. The summed E-state index contributed by atoms with van der Waals surface area (Å²) in [5.41, 5.74) is 0.858. The minimum absolute atomic E-state index is 0.0872. The highest BCUT2D eigenvalue weighted by Gasteiger charge is 2.23. The maximum Gasteiger partial charge on any atom is 0.224 e. The first-order valence-corrected chi connectivity index (χ1v) is 9.20. The summed E-state index contributed by atoms with van der Waals surface area (Å²) in [7, 11) is 0. The molecule has 1 aliphatic heterocycles. The fourth-order valence-electron chi connectivity index (χ4n) is 2.96. The number of hydrogen-bond acceptors (Lipinski definition) is 6. The Kier molecular flexibility index (Phi) is 5.45. The van der Waals surface area contributed by atoms with Crippen LogP contribution in [0.3, 0.4) is 0 Å². The van der Waals surface area contributed by atoms with Crippen molar-refractivity contribution in [1.29, 1.82) is 0 Å². The number of benzene rings is 1. The average Bonchev–Trinajstić information content (AvgIpc) is 3.24. The molecular weight excluding hydrogens is 364 g/mol. The van der Waals surface area contributed by atoms with Gasteiger partial charge >= 0.3 is 0 Å². The predicted molar refractivity (Wildman–Crippen MR) is 104 cm³/mol. The van der Waals surface area contributed by atoms with Crippen molar-refractivity contribution in [3.05, 3.63) is 54.7 Å². The van der Waals surface area contributed by atoms with Gasteiger partial charge in [-0.05, 0) is 36.5 Å². The van der Waals surface area contributed by atoms with Crippen molar-refractivity contribution >= 4 is 28.2 Å². The number of aromatic nitrogens is 2. The van der Waals surface area contributed by atoms with Crippen LogP contribution in [0.4, 0.5) is 0 Å². The lowest BCUT2D eigenvalue weighted by Crippen LogP contribution is -2.50. The van der Waals surface area contributed by atoms with Crippen LogP contribution in [-0.2, 0) is 11.3 Å². The van der Waals surface area contributed by atoms with Gasteiger partial charge in [0, 0.05) is 13.1 Å². The van der Waals surface area contributed by atoms with E-state index in [9.17, 15) is 0 Å². The molecule has 140 valence electrons. The van der Waals surface area contributed by atoms with Crippen LogP contribution in [0.1, 0.15) is 5.76 Å². The molecule has 0 saturated carbocycles. The number of thiocarbonyl (C=S) groups is 1. The van der Waals surface area contributed by atoms with Gasteiger partial charge in [0.2, 0.25) is 5.88 Å². The lowest BCUT2D eigenvalue weighted by molar-refractivity contribution is -0.0293. The second-order valence-corrected chi connectivity index (χ2v) is 6.57. The predicted octanol–water partition coefficient (Wildman–Crippen LogP) is 2.38. The van der Waals surface area contributed by atoms with Gasteiger partial charge in [-0.2, -0.15) is 0 Å². The van der Waals surface area contributed by atoms with Crippen LogP contribution < -0.4 is 10.1 Å². The Balaban J connectivity index is 1.32. The van der Waals surface area contributed by atoms with Crippen LogP contribution in [-0.4, -0.2) is 52.4 Å². The van der Waals surface area contributed by atoms with E-state index in [-0.39, 0.29) is 6.10 Å². The molecule has 7 nitrogen and oxygen atoms in total. The van der Waals surface area contributed by atoms with E-state index in [1.807, 2.05) is 36.4 Å². The zero-order valence-electron chi connectivity index (χ0n) is 14.7. The maximum absolute atomic E-state index is 5.92. The van der Waals surface area contributed by atoms with Crippen molar-refractivity contribution in [2.45, 2.75) is 12.6 Å². The first kappa shape index (κ1) is 17.7. The number of furan rings is 1. The van der Waals surface area contributed by atoms with E-state index in [0.717, 1.165) is 23.2 Å². The lowest BCUT2D eigenvalue weighted by Gasteiger charge is -2.34. The van der Waals surface area contributed by atoms with Crippen LogP contribution in [0.5, 0.6) is 5.88 Å². The molecule has 0 radical (unpaired) electrons. The Morgan fingerprint density at radius 2 is 2.19 bits per heavy atom. The third-order valence-corrected chi connectivity index (χ3v) is 4.73. The summed E-state index contributed by atoms with van der Waals surface area (Å²) in [5, 5.41) is 4.80. The zero-order chi connectivity index (χ0) is 18.5. The molecule has 27 heavy (non-hydrogen) atoms. The van der Waals surface area contributed by atoms with Crippen molar-refractivity contribution in [2.24, 2.45) is 0 Å². The average molecular weight is 384 g/mol. The number of hydrogen-bond donors (Lipinski definition) is 1. The third kappa shape index (κ3) is 4.35. The minimum Gasteiger partial charge on any atom is -0.474 e. The summed E-state index contributed by atoms with van der Waals surface area (Å²) in [6.07, 6.45) is 3.08. The van der Waals surface area contributed by atoms with Gasteiger partial charge in [0.05, 0.1) is 30.3 Å². The van der Waals surface area contributed by atoms with Gasteiger partial charge in [-0.15, -0.1) is 0 Å². The number of ether oxygens (including phenoxy) is 2. The first-order valence-electron chi connectivity index (χ1n) is 8.79. The molecule has 0 bridgehead atoms. The smallest absolute Gasteiger partial charge is 0.224 e. The molecule has 1 N–H and O–H groups in total. The highest BCUT2D eigenvalue weighted by Crippen LogP contribution is 2.21. The molecule has 3 heterocycles. The van der Waals surface area contributed by atoms with Crippen molar-refractivity contribution in [3.63, 3.8) is 0 Å². The van der Waals surface area contributed by atoms with E-state index >= 15 is 0 Å². The maximum atomic E-state index is 5.92. The second-order valence-electron chi connectivity index (χ2n) is 6.18. The minimum atomic E-state index is -0.0872. The summed E-state index contributed by atoms with van der Waals surface area (Å²) in [5.74, 6) is 1.42. The Hall–Kier alpha value is -2.71. The standard InChI is InChI=1S/C19H20N4O3S/c27-19(20-10-14-4-3-8-24-14)23-7-9-25-15(11-23)12-26-18-16-5-1-2-6-17(16)21-13-22-18/h1-6,8,13,15H,7,9-12H2,(H,20,27). The Morgan fingerprint density at radius 1 is 1.26 bits per heavy atom. The third-order valence-electron chi connectivity index (χ3n) is 4.33. The van der Waals surface area contributed by atoms with Crippen molar-refractivity contribution in [2.75, 3.05) is 26.3 Å². The van der Waals surface area contributed by atoms with Crippen LogP contribution >= 0.6 is 12.2 Å². The molecule has 0 amide bonds. The summed E-state index contributed by atoms with van der Waals surface area (Å²) in [6, 6.07) is 11.5. The van der Waals surface area contributed by atoms with Crippen LogP contribution in [0.15, 0.2) is 53.4 Å². The molecule has 4 rings (SSSR count). The molecule has 1 aromatic carbocycles. The zero-order valence-corrected chi connectivity index (χ0v) is 15.5. The fraction of sp³-hybridized carbons (Fsp3) is 0.316. The van der Waals surface area contributed by atoms with E-state index in [0.29, 0.717) is 37.3 Å². The molecule has 0 aliphatic carbocycles. The van der Waals surface area contributed by atoms with Crippen LogP contribution in [0, 0.1) is 0 Å². The van der Waals surface area contributed by atoms with Crippen molar-refractivity contribution < 1.29 is 13.9 Å². The van der Waals surface area contributed by atoms with Gasteiger partial charge < -0.3 is 24.1 Å². The van der Waals surface area contributed by atoms with Crippen LogP contribution in [0.2, 0.25) is 0 Å². The molecule has 8 heteroatoms.